The zero-order valence-corrected chi connectivity index (χ0v) is 18.5. The molecular weight excluding hydrogens is 422 g/mol. The van der Waals surface area contributed by atoms with Crippen molar-refractivity contribution in [2.75, 3.05) is 5.32 Å². The molecule has 1 aromatic heterocycles. The SMILES string of the molecule is CCc1ccc(OCc2cccc(C(=O)Nc3ccn(Cc4ccc(Cl)cc4)n3)c2)cc1. The van der Waals surface area contributed by atoms with E-state index in [1.54, 1.807) is 16.8 Å². The molecule has 32 heavy (non-hydrogen) atoms. The number of amides is 1. The lowest BCUT2D eigenvalue weighted by Crippen LogP contribution is -2.13. The van der Waals surface area contributed by atoms with Gasteiger partial charge in [0.1, 0.15) is 12.4 Å². The van der Waals surface area contributed by atoms with Crippen molar-refractivity contribution in [2.24, 2.45) is 0 Å². The summed E-state index contributed by atoms with van der Waals surface area (Å²) in [5, 5.41) is 7.99. The molecule has 1 heterocycles. The summed E-state index contributed by atoms with van der Waals surface area (Å²) < 4.78 is 7.63. The fraction of sp³-hybridized carbons (Fsp3) is 0.154. The van der Waals surface area contributed by atoms with Crippen LogP contribution in [0.15, 0.2) is 85.1 Å². The zero-order chi connectivity index (χ0) is 22.3. The number of hydrogen-bond donors (Lipinski definition) is 1. The third-order valence-electron chi connectivity index (χ3n) is 5.07. The number of carbonyl (C=O) groups is 1. The fourth-order valence-electron chi connectivity index (χ4n) is 3.27. The van der Waals surface area contributed by atoms with Crippen LogP contribution in [0.4, 0.5) is 5.82 Å². The molecule has 1 N–H and O–H groups in total. The van der Waals surface area contributed by atoms with Crippen molar-refractivity contribution >= 4 is 23.3 Å². The quantitative estimate of drug-likeness (QED) is 0.363. The van der Waals surface area contributed by atoms with Gasteiger partial charge in [-0.25, -0.2) is 0 Å². The van der Waals surface area contributed by atoms with Gasteiger partial charge in [0.15, 0.2) is 5.82 Å². The predicted molar refractivity (Wildman–Crippen MR) is 127 cm³/mol. The molecule has 0 spiro atoms. The van der Waals surface area contributed by atoms with Crippen LogP contribution in [0.2, 0.25) is 5.02 Å². The molecule has 162 valence electrons. The normalized spacial score (nSPS) is 10.7. The number of hydrogen-bond acceptors (Lipinski definition) is 3. The summed E-state index contributed by atoms with van der Waals surface area (Å²) in [6.07, 6.45) is 2.83. The summed E-state index contributed by atoms with van der Waals surface area (Å²) in [7, 11) is 0. The average molecular weight is 446 g/mol. The third kappa shape index (κ3) is 5.77. The fourth-order valence-corrected chi connectivity index (χ4v) is 3.40. The zero-order valence-electron chi connectivity index (χ0n) is 17.8. The van der Waals surface area contributed by atoms with Crippen LogP contribution in [0.5, 0.6) is 5.75 Å². The number of anilines is 1. The Morgan fingerprint density at radius 1 is 0.969 bits per heavy atom. The summed E-state index contributed by atoms with van der Waals surface area (Å²) in [4.78, 5) is 12.7. The van der Waals surface area contributed by atoms with E-state index in [0.29, 0.717) is 29.6 Å². The minimum absolute atomic E-state index is 0.212. The first-order chi connectivity index (χ1) is 15.6. The maximum atomic E-state index is 12.7. The molecular formula is C26H24ClN3O2. The van der Waals surface area contributed by atoms with Crippen molar-refractivity contribution in [1.82, 2.24) is 9.78 Å². The van der Waals surface area contributed by atoms with Gasteiger partial charge in [0, 0.05) is 22.8 Å². The first kappa shape index (κ1) is 21.7. The van der Waals surface area contributed by atoms with Crippen molar-refractivity contribution < 1.29 is 9.53 Å². The summed E-state index contributed by atoms with van der Waals surface area (Å²) in [6, 6.07) is 24.8. The van der Waals surface area contributed by atoms with Crippen LogP contribution in [0.25, 0.3) is 0 Å². The smallest absolute Gasteiger partial charge is 0.256 e. The molecule has 0 unspecified atom stereocenters. The number of carbonyl (C=O) groups excluding carboxylic acids is 1. The van der Waals surface area contributed by atoms with E-state index in [2.05, 4.69) is 29.5 Å². The molecule has 4 rings (SSSR count). The van der Waals surface area contributed by atoms with Crippen molar-refractivity contribution in [1.29, 1.82) is 0 Å². The Bertz CT molecular complexity index is 1180. The Morgan fingerprint density at radius 2 is 1.72 bits per heavy atom. The van der Waals surface area contributed by atoms with E-state index in [9.17, 15) is 4.79 Å². The number of nitrogens with one attached hydrogen (secondary N) is 1. The van der Waals surface area contributed by atoms with Crippen LogP contribution >= 0.6 is 11.6 Å². The van der Waals surface area contributed by atoms with E-state index in [1.165, 1.54) is 5.56 Å². The average Bonchev–Trinajstić information content (AvgIpc) is 3.26. The molecule has 6 heteroatoms. The molecule has 3 aromatic carbocycles. The minimum Gasteiger partial charge on any atom is -0.489 e. The van der Waals surface area contributed by atoms with Gasteiger partial charge in [-0.1, -0.05) is 54.9 Å². The van der Waals surface area contributed by atoms with Gasteiger partial charge < -0.3 is 10.1 Å². The molecule has 0 aliphatic heterocycles. The van der Waals surface area contributed by atoms with E-state index < -0.39 is 0 Å². The number of halogens is 1. The second-order valence-corrected chi connectivity index (χ2v) is 7.90. The van der Waals surface area contributed by atoms with E-state index in [4.69, 9.17) is 16.3 Å². The molecule has 0 radical (unpaired) electrons. The second-order valence-electron chi connectivity index (χ2n) is 7.47. The monoisotopic (exact) mass is 445 g/mol. The van der Waals surface area contributed by atoms with Crippen LogP contribution in [-0.2, 0) is 19.6 Å². The minimum atomic E-state index is -0.212. The molecule has 1 amide bonds. The number of benzene rings is 3. The van der Waals surface area contributed by atoms with Gasteiger partial charge in [-0.2, -0.15) is 5.10 Å². The highest BCUT2D eigenvalue weighted by Gasteiger charge is 2.09. The third-order valence-corrected chi connectivity index (χ3v) is 5.32. The second kappa shape index (κ2) is 10.2. The van der Waals surface area contributed by atoms with E-state index >= 15 is 0 Å². The topological polar surface area (TPSA) is 56.1 Å². The van der Waals surface area contributed by atoms with Gasteiger partial charge in [0.2, 0.25) is 0 Å². The van der Waals surface area contributed by atoms with E-state index in [-0.39, 0.29) is 5.91 Å². The van der Waals surface area contributed by atoms with Gasteiger partial charge in [0.25, 0.3) is 5.91 Å². The largest absolute Gasteiger partial charge is 0.489 e. The van der Waals surface area contributed by atoms with Crippen molar-refractivity contribution in [2.45, 2.75) is 26.5 Å². The molecule has 0 fully saturated rings. The van der Waals surface area contributed by atoms with Crippen LogP contribution < -0.4 is 10.1 Å². The lowest BCUT2D eigenvalue weighted by atomic mass is 10.1. The predicted octanol–water partition coefficient (Wildman–Crippen LogP) is 5.98. The summed E-state index contributed by atoms with van der Waals surface area (Å²) >= 11 is 5.93. The number of ether oxygens (including phenoxy) is 1. The summed E-state index contributed by atoms with van der Waals surface area (Å²) in [5.74, 6) is 1.10. The maximum Gasteiger partial charge on any atom is 0.256 e. The molecule has 0 aliphatic carbocycles. The highest BCUT2D eigenvalue weighted by atomic mass is 35.5. The lowest BCUT2D eigenvalue weighted by Gasteiger charge is -2.09. The Hall–Kier alpha value is -3.57. The number of rotatable bonds is 8. The first-order valence-electron chi connectivity index (χ1n) is 10.5. The van der Waals surface area contributed by atoms with Crippen molar-refractivity contribution in [3.63, 3.8) is 0 Å². The van der Waals surface area contributed by atoms with E-state index in [1.807, 2.05) is 60.8 Å². The van der Waals surface area contributed by atoms with Crippen molar-refractivity contribution in [3.05, 3.63) is 112 Å². The lowest BCUT2D eigenvalue weighted by molar-refractivity contribution is 0.102. The highest BCUT2D eigenvalue weighted by Crippen LogP contribution is 2.16. The summed E-state index contributed by atoms with van der Waals surface area (Å²) in [6.45, 7) is 3.11. The van der Waals surface area contributed by atoms with Gasteiger partial charge in [-0.05, 0) is 59.5 Å². The highest BCUT2D eigenvalue weighted by molar-refractivity contribution is 6.30. The molecule has 0 bridgehead atoms. The van der Waals surface area contributed by atoms with Crippen LogP contribution in [-0.4, -0.2) is 15.7 Å². The molecule has 0 aliphatic rings. The first-order valence-corrected chi connectivity index (χ1v) is 10.9. The molecule has 0 saturated carbocycles. The Labute approximate surface area is 192 Å². The summed E-state index contributed by atoms with van der Waals surface area (Å²) in [5.41, 5.74) is 3.82. The molecule has 4 aromatic rings. The van der Waals surface area contributed by atoms with Gasteiger partial charge in [-0.3, -0.25) is 9.48 Å². The van der Waals surface area contributed by atoms with Gasteiger partial charge in [0.05, 0.1) is 6.54 Å². The molecule has 0 atom stereocenters. The van der Waals surface area contributed by atoms with Crippen LogP contribution in [0, 0.1) is 0 Å². The number of aromatic nitrogens is 2. The van der Waals surface area contributed by atoms with Gasteiger partial charge in [-0.15, -0.1) is 0 Å². The molecule has 0 saturated heterocycles. The van der Waals surface area contributed by atoms with Crippen LogP contribution in [0.3, 0.4) is 0 Å². The maximum absolute atomic E-state index is 12.7. The Kier molecular flexibility index (Phi) is 6.87. The Balaban J connectivity index is 1.35. The Morgan fingerprint density at radius 3 is 2.47 bits per heavy atom. The van der Waals surface area contributed by atoms with Crippen molar-refractivity contribution in [3.8, 4) is 5.75 Å². The number of aryl methyl sites for hydroxylation is 1. The molecule has 5 nitrogen and oxygen atoms in total. The van der Waals surface area contributed by atoms with Crippen LogP contribution in [0.1, 0.15) is 34.0 Å². The number of nitrogens with zero attached hydrogens (tertiary/aromatic N) is 2. The standard InChI is InChI=1S/C26H24ClN3O2/c1-2-19-8-12-24(13-9-19)32-18-21-4-3-5-22(16-21)26(31)28-25-14-15-30(29-25)17-20-6-10-23(27)11-7-20/h3-16H,2,17-18H2,1H3,(H,28,29,31). The van der Waals surface area contributed by atoms with Gasteiger partial charge >= 0.3 is 0 Å². The van der Waals surface area contributed by atoms with E-state index in [0.717, 1.165) is 23.3 Å².